The van der Waals surface area contributed by atoms with Crippen molar-refractivity contribution in [1.29, 1.82) is 0 Å². The molecule has 0 amide bonds. The van der Waals surface area contributed by atoms with Gasteiger partial charge in [-0.25, -0.2) is 5.43 Å². The summed E-state index contributed by atoms with van der Waals surface area (Å²) in [6.45, 7) is 4.82. The van der Waals surface area contributed by atoms with E-state index in [0.717, 1.165) is 57.5 Å². The number of morpholine rings is 1. The second-order valence-corrected chi connectivity index (χ2v) is 9.34. The van der Waals surface area contributed by atoms with Crippen molar-refractivity contribution in [2.45, 2.75) is 12.8 Å². The van der Waals surface area contributed by atoms with Crippen molar-refractivity contribution in [3.63, 3.8) is 0 Å². The molecule has 2 aromatic rings. The largest absolute Gasteiger partial charge is 0.495 e. The number of nitrogens with zero attached hydrogens (tertiary/aromatic N) is 6. The predicted octanol–water partition coefficient (Wildman–Crippen LogP) is 2.97. The molecule has 1 aromatic heterocycles. The molecule has 0 saturated carbocycles. The summed E-state index contributed by atoms with van der Waals surface area (Å²) >= 11 is 4.55. The molecule has 160 valence electrons. The van der Waals surface area contributed by atoms with Crippen LogP contribution in [0.2, 0.25) is 0 Å². The Morgan fingerprint density at radius 3 is 2.37 bits per heavy atom. The van der Waals surface area contributed by atoms with Crippen molar-refractivity contribution in [1.82, 2.24) is 15.0 Å². The predicted molar refractivity (Wildman–Crippen MR) is 134 cm³/mol. The van der Waals surface area contributed by atoms with Crippen LogP contribution in [0.25, 0.3) is 0 Å². The van der Waals surface area contributed by atoms with Crippen LogP contribution < -0.4 is 20.0 Å². The first-order valence-electron chi connectivity index (χ1n) is 9.80. The van der Waals surface area contributed by atoms with E-state index in [1.165, 1.54) is 0 Å². The van der Waals surface area contributed by atoms with Gasteiger partial charge in [-0.1, -0.05) is 0 Å². The maximum Gasteiger partial charge on any atom is 0.250 e. The van der Waals surface area contributed by atoms with Gasteiger partial charge >= 0.3 is 0 Å². The van der Waals surface area contributed by atoms with Crippen molar-refractivity contribution in [2.24, 2.45) is 5.10 Å². The summed E-state index contributed by atoms with van der Waals surface area (Å²) in [5.74, 6) is 2.59. The fourth-order valence-corrected chi connectivity index (χ4v) is 5.53. The third-order valence-electron chi connectivity index (χ3n) is 4.90. The third-order valence-corrected chi connectivity index (χ3v) is 6.33. The minimum atomic E-state index is 0.434. The number of rotatable bonds is 6. The number of nitrogens with one attached hydrogen (secondary N) is 1. The average molecular weight is 635 g/mol. The number of halogens is 2. The Morgan fingerprint density at radius 1 is 1.03 bits per heavy atom. The number of hydrogen-bond acceptors (Lipinski definition) is 9. The Balaban J connectivity index is 1.58. The molecular weight excluding hydrogens is 612 g/mol. The Bertz CT molecular complexity index is 916. The first-order valence-corrected chi connectivity index (χ1v) is 12.0. The molecule has 0 atom stereocenters. The van der Waals surface area contributed by atoms with E-state index in [9.17, 15) is 0 Å². The van der Waals surface area contributed by atoms with Gasteiger partial charge in [0, 0.05) is 35.3 Å². The summed E-state index contributed by atoms with van der Waals surface area (Å²) in [6, 6.07) is 4.09. The zero-order valence-corrected chi connectivity index (χ0v) is 21.0. The van der Waals surface area contributed by atoms with E-state index in [1.807, 2.05) is 6.07 Å². The number of methoxy groups -OCH3 is 1. The molecule has 3 heterocycles. The maximum absolute atomic E-state index is 5.52. The quantitative estimate of drug-likeness (QED) is 0.295. The maximum atomic E-state index is 5.52. The molecule has 0 aliphatic carbocycles. The Kier molecular flexibility index (Phi) is 7.41. The number of ether oxygens (including phenoxy) is 2. The molecule has 0 spiro atoms. The zero-order chi connectivity index (χ0) is 20.9. The lowest BCUT2D eigenvalue weighted by Gasteiger charge is -2.27. The van der Waals surface area contributed by atoms with Crippen LogP contribution >= 0.6 is 45.2 Å². The van der Waals surface area contributed by atoms with E-state index in [0.29, 0.717) is 31.1 Å². The Hall–Kier alpha value is -1.48. The lowest BCUT2D eigenvalue weighted by atomic mass is 10.2. The highest BCUT2D eigenvalue weighted by Crippen LogP contribution is 2.27. The van der Waals surface area contributed by atoms with E-state index in [4.69, 9.17) is 14.5 Å². The second-order valence-electron chi connectivity index (χ2n) is 6.93. The molecular formula is C19H23I2N7O2. The summed E-state index contributed by atoms with van der Waals surface area (Å²) in [5, 5.41) is 4.38. The van der Waals surface area contributed by atoms with Gasteiger partial charge in [0.05, 0.1) is 30.1 Å². The van der Waals surface area contributed by atoms with E-state index in [1.54, 1.807) is 13.3 Å². The molecule has 2 aliphatic heterocycles. The van der Waals surface area contributed by atoms with Gasteiger partial charge in [-0.2, -0.15) is 20.1 Å². The molecule has 9 nitrogen and oxygen atoms in total. The van der Waals surface area contributed by atoms with Crippen molar-refractivity contribution >= 4 is 69.2 Å². The van der Waals surface area contributed by atoms with Crippen LogP contribution in [0.3, 0.4) is 0 Å². The minimum absolute atomic E-state index is 0.434. The molecule has 4 rings (SSSR count). The van der Waals surface area contributed by atoms with E-state index in [-0.39, 0.29) is 0 Å². The monoisotopic (exact) mass is 635 g/mol. The van der Waals surface area contributed by atoms with Crippen molar-refractivity contribution in [3.8, 4) is 5.75 Å². The zero-order valence-electron chi connectivity index (χ0n) is 16.6. The first kappa shape index (κ1) is 21.7. The Morgan fingerprint density at radius 2 is 1.70 bits per heavy atom. The molecule has 1 N–H and O–H groups in total. The first-order chi connectivity index (χ1) is 14.6. The van der Waals surface area contributed by atoms with E-state index >= 15 is 0 Å². The standard InChI is InChI=1S/C19H23I2N7O2/c1-29-16-13(10-14(20)11-15(16)21)12-22-26-17-23-18(27-4-2-3-5-27)25-19(24-17)28-6-8-30-9-7-28/h10-12H,2-9H2,1H3,(H,23,24,25,26)/b22-12+. The van der Waals surface area contributed by atoms with Crippen molar-refractivity contribution < 1.29 is 9.47 Å². The lowest BCUT2D eigenvalue weighted by Crippen LogP contribution is -2.38. The fraction of sp³-hybridized carbons (Fsp3) is 0.474. The highest BCUT2D eigenvalue weighted by Gasteiger charge is 2.21. The topological polar surface area (TPSA) is 88.0 Å². The summed E-state index contributed by atoms with van der Waals surface area (Å²) in [4.78, 5) is 18.3. The van der Waals surface area contributed by atoms with Crippen LogP contribution in [-0.4, -0.2) is 67.7 Å². The molecule has 0 unspecified atom stereocenters. The summed E-state index contributed by atoms with van der Waals surface area (Å²) in [5.41, 5.74) is 3.88. The molecule has 2 fully saturated rings. The van der Waals surface area contributed by atoms with Crippen LogP contribution in [0.1, 0.15) is 18.4 Å². The number of anilines is 3. The van der Waals surface area contributed by atoms with Gasteiger partial charge in [-0.05, 0) is 70.2 Å². The van der Waals surface area contributed by atoms with Crippen LogP contribution in [-0.2, 0) is 4.74 Å². The van der Waals surface area contributed by atoms with Gasteiger partial charge in [-0.3, -0.25) is 0 Å². The van der Waals surface area contributed by atoms with Gasteiger partial charge in [0.1, 0.15) is 5.75 Å². The molecule has 0 bridgehead atoms. The highest BCUT2D eigenvalue weighted by atomic mass is 127. The third kappa shape index (κ3) is 5.22. The number of benzene rings is 1. The lowest BCUT2D eigenvalue weighted by molar-refractivity contribution is 0.122. The smallest absolute Gasteiger partial charge is 0.250 e. The fourth-order valence-electron chi connectivity index (χ4n) is 3.42. The van der Waals surface area contributed by atoms with Crippen LogP contribution in [0, 0.1) is 7.14 Å². The van der Waals surface area contributed by atoms with Crippen LogP contribution in [0.5, 0.6) is 5.75 Å². The molecule has 0 radical (unpaired) electrons. The number of aromatic nitrogens is 3. The van der Waals surface area contributed by atoms with Crippen molar-refractivity contribution in [3.05, 3.63) is 24.8 Å². The van der Waals surface area contributed by atoms with E-state index < -0.39 is 0 Å². The van der Waals surface area contributed by atoms with Gasteiger partial charge < -0.3 is 19.3 Å². The normalized spacial score (nSPS) is 17.0. The second kappa shape index (κ2) is 10.2. The number of hydrazone groups is 1. The van der Waals surface area contributed by atoms with Gasteiger partial charge in [0.15, 0.2) is 0 Å². The molecule has 30 heavy (non-hydrogen) atoms. The average Bonchev–Trinajstić information content (AvgIpc) is 3.29. The molecule has 11 heteroatoms. The number of hydrogen-bond donors (Lipinski definition) is 1. The summed E-state index contributed by atoms with van der Waals surface area (Å²) < 4.78 is 13.1. The highest BCUT2D eigenvalue weighted by molar-refractivity contribution is 14.1. The van der Waals surface area contributed by atoms with Crippen molar-refractivity contribution in [2.75, 3.05) is 61.7 Å². The molecule has 1 aromatic carbocycles. The van der Waals surface area contributed by atoms with Gasteiger partial charge in [0.2, 0.25) is 17.8 Å². The minimum Gasteiger partial charge on any atom is -0.495 e. The SMILES string of the molecule is COc1c(I)cc(I)cc1/C=N/Nc1nc(N2CCCC2)nc(N2CCOCC2)n1. The Labute approximate surface area is 202 Å². The van der Waals surface area contributed by atoms with Gasteiger partial charge in [-0.15, -0.1) is 0 Å². The molecule has 2 aliphatic rings. The summed E-state index contributed by atoms with van der Waals surface area (Å²) in [6.07, 6.45) is 4.05. The summed E-state index contributed by atoms with van der Waals surface area (Å²) in [7, 11) is 1.66. The molecule has 2 saturated heterocycles. The van der Waals surface area contributed by atoms with Gasteiger partial charge in [0.25, 0.3) is 0 Å². The van der Waals surface area contributed by atoms with E-state index in [2.05, 4.69) is 81.5 Å². The van der Waals surface area contributed by atoms with Crippen LogP contribution in [0.4, 0.5) is 17.8 Å². The van der Waals surface area contributed by atoms with Crippen LogP contribution in [0.15, 0.2) is 17.2 Å².